The summed E-state index contributed by atoms with van der Waals surface area (Å²) in [5.41, 5.74) is 2.01. The van der Waals surface area contributed by atoms with E-state index in [1.165, 1.54) is 6.07 Å². The third kappa shape index (κ3) is 11.0. The van der Waals surface area contributed by atoms with Crippen molar-refractivity contribution in [3.8, 4) is 0 Å². The Labute approximate surface area is 315 Å². The highest BCUT2D eigenvalue weighted by Gasteiger charge is 2.23. The van der Waals surface area contributed by atoms with Crippen LogP contribution in [0.5, 0.6) is 0 Å². The van der Waals surface area contributed by atoms with Crippen LogP contribution in [-0.2, 0) is 0 Å². The standard InChI is InChI=1S/C17H17F2IN2O3.C16H14BrF2IN2O2/c1-9-6-10(20)2-5-14(9)22-16-12(3-4-13(18)15(16)19)17(25)21-7-11(24)8-23;1-8-6-9(20)2-3-12(8)22-15-10(16(24)21-4-5-23)7-11(17)13(18)14(15)19/h2-6,11,22-24H,7-8H2,1H3,(H,21,25);2-3,6-7,22-23H,4-5H2,1H3,(H,21,24). The van der Waals surface area contributed by atoms with Crippen LogP contribution in [0, 0.1) is 44.3 Å². The van der Waals surface area contributed by atoms with E-state index in [1.807, 2.05) is 25.1 Å². The molecule has 49 heavy (non-hydrogen) atoms. The summed E-state index contributed by atoms with van der Waals surface area (Å²) >= 11 is 7.18. The van der Waals surface area contributed by atoms with Gasteiger partial charge in [0, 0.05) is 31.6 Å². The van der Waals surface area contributed by atoms with Crippen molar-refractivity contribution < 1.29 is 42.5 Å². The molecule has 0 aromatic heterocycles. The molecule has 4 rings (SSSR count). The largest absolute Gasteiger partial charge is 0.395 e. The molecule has 4 aromatic rings. The first-order valence-corrected chi connectivity index (χ1v) is 17.3. The van der Waals surface area contributed by atoms with E-state index in [0.717, 1.165) is 30.4 Å². The maximum absolute atomic E-state index is 14.4. The predicted octanol–water partition coefficient (Wildman–Crippen LogP) is 6.81. The van der Waals surface area contributed by atoms with Gasteiger partial charge in [-0.2, -0.15) is 0 Å². The van der Waals surface area contributed by atoms with Crippen molar-refractivity contribution in [2.75, 3.05) is 36.9 Å². The number of benzene rings is 4. The van der Waals surface area contributed by atoms with Gasteiger partial charge >= 0.3 is 0 Å². The molecule has 1 atom stereocenters. The van der Waals surface area contributed by atoms with Gasteiger partial charge in [-0.25, -0.2) is 17.6 Å². The molecule has 7 N–H and O–H groups in total. The molecule has 1 unspecified atom stereocenters. The van der Waals surface area contributed by atoms with Crippen LogP contribution in [-0.4, -0.2) is 59.5 Å². The highest BCUT2D eigenvalue weighted by molar-refractivity contribution is 14.1. The molecule has 0 heterocycles. The summed E-state index contributed by atoms with van der Waals surface area (Å²) < 4.78 is 58.1. The Hall–Kier alpha value is -3.04. The van der Waals surface area contributed by atoms with Crippen molar-refractivity contribution in [1.29, 1.82) is 0 Å². The van der Waals surface area contributed by atoms with E-state index in [4.69, 9.17) is 10.2 Å². The van der Waals surface area contributed by atoms with Gasteiger partial charge in [-0.15, -0.1) is 0 Å². The number of rotatable bonds is 11. The third-order valence-corrected chi connectivity index (χ3v) is 8.67. The van der Waals surface area contributed by atoms with Gasteiger partial charge in [-0.05, 0) is 141 Å². The van der Waals surface area contributed by atoms with Crippen molar-refractivity contribution in [3.63, 3.8) is 0 Å². The lowest BCUT2D eigenvalue weighted by Crippen LogP contribution is -2.34. The van der Waals surface area contributed by atoms with Crippen LogP contribution in [0.2, 0.25) is 0 Å². The highest BCUT2D eigenvalue weighted by atomic mass is 127. The first-order chi connectivity index (χ1) is 23.2. The minimum absolute atomic E-state index is 0.0114. The Morgan fingerprint density at radius 2 is 1.29 bits per heavy atom. The number of hydrogen-bond donors (Lipinski definition) is 7. The van der Waals surface area contributed by atoms with Gasteiger partial charge in [0.25, 0.3) is 11.8 Å². The van der Waals surface area contributed by atoms with E-state index in [-0.39, 0.29) is 46.7 Å². The predicted molar refractivity (Wildman–Crippen MR) is 200 cm³/mol. The molecule has 4 aromatic carbocycles. The summed E-state index contributed by atoms with van der Waals surface area (Å²) in [7, 11) is 0. The van der Waals surface area contributed by atoms with Crippen LogP contribution >= 0.6 is 61.1 Å². The number of aliphatic hydroxyl groups is 3. The monoisotopic (exact) mass is 972 g/mol. The van der Waals surface area contributed by atoms with Crippen LogP contribution in [0.1, 0.15) is 31.8 Å². The van der Waals surface area contributed by atoms with Crippen molar-refractivity contribution >= 4 is 95.7 Å². The van der Waals surface area contributed by atoms with Gasteiger partial charge in [-0.3, -0.25) is 9.59 Å². The molecule has 16 heteroatoms. The second kappa shape index (κ2) is 18.8. The number of anilines is 4. The summed E-state index contributed by atoms with van der Waals surface area (Å²) in [6.45, 7) is 2.65. The summed E-state index contributed by atoms with van der Waals surface area (Å²) in [5.74, 6) is -5.81. The number of aryl methyl sites for hydroxylation is 2. The lowest BCUT2D eigenvalue weighted by atomic mass is 10.1. The van der Waals surface area contributed by atoms with E-state index < -0.39 is 47.8 Å². The number of halogens is 7. The maximum atomic E-state index is 14.4. The molecule has 0 bridgehead atoms. The normalized spacial score (nSPS) is 11.3. The SMILES string of the molecule is Cc1cc(I)ccc1Nc1c(C(=O)NCC(O)CO)ccc(F)c1F.Cc1cc(I)ccc1Nc1c(C(=O)NCCO)cc(Br)c(F)c1F. The van der Waals surface area contributed by atoms with Crippen LogP contribution in [0.25, 0.3) is 0 Å². The van der Waals surface area contributed by atoms with Gasteiger partial charge in [0.1, 0.15) is 0 Å². The molecule has 0 aliphatic rings. The van der Waals surface area contributed by atoms with Crippen LogP contribution in [0.15, 0.2) is 59.1 Å². The van der Waals surface area contributed by atoms with Crippen molar-refractivity contribution in [1.82, 2.24) is 10.6 Å². The Bertz CT molecular complexity index is 1840. The molecule has 9 nitrogen and oxygen atoms in total. The second-order valence-corrected chi connectivity index (χ2v) is 13.7. The Kier molecular flexibility index (Phi) is 15.5. The fourth-order valence-corrected chi connectivity index (χ4v) is 5.89. The first-order valence-electron chi connectivity index (χ1n) is 14.4. The van der Waals surface area contributed by atoms with Crippen molar-refractivity contribution in [2.24, 2.45) is 0 Å². The molecule has 0 aliphatic heterocycles. The second-order valence-electron chi connectivity index (χ2n) is 10.4. The number of hydrogen-bond acceptors (Lipinski definition) is 7. The van der Waals surface area contributed by atoms with E-state index in [9.17, 15) is 32.3 Å². The number of aliphatic hydroxyl groups excluding tert-OH is 3. The van der Waals surface area contributed by atoms with Gasteiger partial charge in [0.2, 0.25) is 0 Å². The van der Waals surface area contributed by atoms with E-state index in [2.05, 4.69) is 82.4 Å². The summed E-state index contributed by atoms with van der Waals surface area (Å²) in [5, 5.41) is 37.3. The quantitative estimate of drug-likeness (QED) is 0.0498. The smallest absolute Gasteiger partial charge is 0.253 e. The third-order valence-electron chi connectivity index (χ3n) is 6.75. The van der Waals surface area contributed by atoms with Crippen LogP contribution in [0.4, 0.5) is 40.3 Å². The molecule has 0 aliphatic carbocycles. The minimum Gasteiger partial charge on any atom is -0.395 e. The molecular formula is C33H31BrF4I2N4O5. The first kappa shape index (κ1) is 40.4. The summed E-state index contributed by atoms with van der Waals surface area (Å²) in [4.78, 5) is 24.4. The Balaban J connectivity index is 0.000000266. The van der Waals surface area contributed by atoms with E-state index in [0.29, 0.717) is 11.4 Å². The zero-order chi connectivity index (χ0) is 36.4. The van der Waals surface area contributed by atoms with Gasteiger partial charge in [0.15, 0.2) is 23.3 Å². The molecule has 2 amide bonds. The summed E-state index contributed by atoms with van der Waals surface area (Å²) in [6.07, 6.45) is -1.14. The lowest BCUT2D eigenvalue weighted by Gasteiger charge is -2.16. The molecule has 0 spiro atoms. The molecule has 0 radical (unpaired) electrons. The average molecular weight is 973 g/mol. The molecule has 262 valence electrons. The topological polar surface area (TPSA) is 143 Å². The average Bonchev–Trinajstić information content (AvgIpc) is 3.06. The Morgan fingerprint density at radius 1 is 0.755 bits per heavy atom. The number of carbonyl (C=O) groups excluding carboxylic acids is 2. The molecule has 0 saturated carbocycles. The summed E-state index contributed by atoms with van der Waals surface area (Å²) in [6, 6.07) is 14.0. The minimum atomic E-state index is -1.17. The maximum Gasteiger partial charge on any atom is 0.253 e. The number of amides is 2. The number of carbonyl (C=O) groups is 2. The lowest BCUT2D eigenvalue weighted by molar-refractivity contribution is 0.0802. The highest BCUT2D eigenvalue weighted by Crippen LogP contribution is 2.33. The van der Waals surface area contributed by atoms with Gasteiger partial charge < -0.3 is 36.6 Å². The van der Waals surface area contributed by atoms with Gasteiger partial charge in [-0.1, -0.05) is 0 Å². The number of nitrogens with one attached hydrogen (secondary N) is 4. The zero-order valence-corrected chi connectivity index (χ0v) is 31.8. The van der Waals surface area contributed by atoms with Gasteiger partial charge in [0.05, 0.1) is 46.3 Å². The Morgan fingerprint density at radius 3 is 1.80 bits per heavy atom. The van der Waals surface area contributed by atoms with E-state index >= 15 is 0 Å². The fourth-order valence-electron chi connectivity index (χ4n) is 4.20. The molecule has 0 fully saturated rings. The zero-order valence-electron chi connectivity index (χ0n) is 25.9. The van der Waals surface area contributed by atoms with Crippen molar-refractivity contribution in [3.05, 3.63) is 112 Å². The fraction of sp³-hybridized carbons (Fsp3) is 0.212. The van der Waals surface area contributed by atoms with Crippen LogP contribution < -0.4 is 21.3 Å². The molecular weight excluding hydrogens is 942 g/mol. The van der Waals surface area contributed by atoms with Crippen molar-refractivity contribution in [2.45, 2.75) is 20.0 Å². The van der Waals surface area contributed by atoms with E-state index in [1.54, 1.807) is 25.1 Å². The molecule has 0 saturated heterocycles. The van der Waals surface area contributed by atoms with Crippen LogP contribution in [0.3, 0.4) is 0 Å².